The van der Waals surface area contributed by atoms with E-state index in [9.17, 15) is 9.59 Å². The molecule has 1 aromatic carbocycles. The number of nitrogens with two attached hydrogens (primary N) is 2. The summed E-state index contributed by atoms with van der Waals surface area (Å²) < 4.78 is 0. The number of anilines is 2. The van der Waals surface area contributed by atoms with Gasteiger partial charge in [-0.1, -0.05) is 12.1 Å². The molecule has 0 saturated heterocycles. The van der Waals surface area contributed by atoms with Gasteiger partial charge in [0.05, 0.1) is 5.69 Å². The molecule has 0 aliphatic rings. The van der Waals surface area contributed by atoms with Crippen molar-refractivity contribution in [3.8, 4) is 0 Å². The van der Waals surface area contributed by atoms with Gasteiger partial charge in [-0.05, 0) is 37.0 Å². The van der Waals surface area contributed by atoms with Gasteiger partial charge in [-0.15, -0.1) is 11.3 Å². The molecule has 1 heterocycles. The van der Waals surface area contributed by atoms with Crippen LogP contribution >= 0.6 is 11.3 Å². The Hall–Kier alpha value is -2.94. The van der Waals surface area contributed by atoms with Crippen molar-refractivity contribution in [1.29, 1.82) is 5.41 Å². The van der Waals surface area contributed by atoms with Gasteiger partial charge in [0.1, 0.15) is 0 Å². The van der Waals surface area contributed by atoms with Crippen molar-refractivity contribution >= 4 is 39.9 Å². The number of aryl methyl sites for hydroxylation is 3. The highest BCUT2D eigenvalue weighted by molar-refractivity contribution is 7.15. The Morgan fingerprint density at radius 2 is 1.81 bits per heavy atom. The standard InChI is InChI=1S/C17H22N6O2S/c1-10(24)21-17-23-13(14(26-17)8-9-15(18)25)7-4-11-2-5-12(6-3-11)22-16(19)20/h2-3,5-6H,4,7-9H2,1H3,(H2,18,25)(H4,19,20,22)(H,21,23,24). The third kappa shape index (κ3) is 6.17. The highest BCUT2D eigenvalue weighted by atomic mass is 32.1. The van der Waals surface area contributed by atoms with Gasteiger partial charge in [0, 0.05) is 23.9 Å². The number of carbonyl (C=O) groups excluding carboxylic acids is 2. The van der Waals surface area contributed by atoms with E-state index in [0.29, 0.717) is 18.0 Å². The summed E-state index contributed by atoms with van der Waals surface area (Å²) in [6.07, 6.45) is 2.21. The Balaban J connectivity index is 2.06. The predicted octanol–water partition coefficient (Wildman–Crippen LogP) is 1.61. The molecule has 0 fully saturated rings. The third-order valence-corrected chi connectivity index (χ3v) is 4.62. The van der Waals surface area contributed by atoms with Crippen LogP contribution in [0.1, 0.15) is 29.5 Å². The van der Waals surface area contributed by atoms with Crippen molar-refractivity contribution < 1.29 is 9.59 Å². The van der Waals surface area contributed by atoms with Gasteiger partial charge in [0.15, 0.2) is 11.1 Å². The summed E-state index contributed by atoms with van der Waals surface area (Å²) in [5.74, 6) is -0.649. The van der Waals surface area contributed by atoms with Gasteiger partial charge in [0.2, 0.25) is 11.8 Å². The molecule has 0 bridgehead atoms. The molecule has 0 atom stereocenters. The first kappa shape index (κ1) is 19.4. The van der Waals surface area contributed by atoms with E-state index in [2.05, 4.69) is 15.6 Å². The number of thiazole rings is 1. The average molecular weight is 374 g/mol. The van der Waals surface area contributed by atoms with E-state index >= 15 is 0 Å². The lowest BCUT2D eigenvalue weighted by Crippen LogP contribution is -2.20. The van der Waals surface area contributed by atoms with E-state index in [1.165, 1.54) is 18.3 Å². The number of benzene rings is 1. The molecule has 26 heavy (non-hydrogen) atoms. The fourth-order valence-electron chi connectivity index (χ4n) is 2.39. The maximum absolute atomic E-state index is 11.2. The van der Waals surface area contributed by atoms with Crippen LogP contribution in [-0.2, 0) is 28.9 Å². The van der Waals surface area contributed by atoms with E-state index < -0.39 is 0 Å². The summed E-state index contributed by atoms with van der Waals surface area (Å²) >= 11 is 1.38. The quantitative estimate of drug-likeness (QED) is 0.352. The summed E-state index contributed by atoms with van der Waals surface area (Å²) in [5, 5.41) is 13.2. The van der Waals surface area contributed by atoms with Gasteiger partial charge >= 0.3 is 0 Å². The molecule has 2 amide bonds. The highest BCUT2D eigenvalue weighted by Gasteiger charge is 2.13. The molecule has 0 radical (unpaired) electrons. The zero-order valence-electron chi connectivity index (χ0n) is 14.5. The van der Waals surface area contributed by atoms with Crippen molar-refractivity contribution in [2.24, 2.45) is 11.5 Å². The predicted molar refractivity (Wildman–Crippen MR) is 103 cm³/mol. The first-order valence-corrected chi connectivity index (χ1v) is 8.89. The molecule has 0 spiro atoms. The van der Waals surface area contributed by atoms with Crippen LogP contribution in [0.15, 0.2) is 24.3 Å². The van der Waals surface area contributed by atoms with Crippen molar-refractivity contribution in [1.82, 2.24) is 4.98 Å². The van der Waals surface area contributed by atoms with E-state index in [4.69, 9.17) is 16.9 Å². The first-order valence-electron chi connectivity index (χ1n) is 8.08. The van der Waals surface area contributed by atoms with Crippen LogP contribution in [0.2, 0.25) is 0 Å². The summed E-state index contributed by atoms with van der Waals surface area (Å²) in [6.45, 7) is 1.43. The lowest BCUT2D eigenvalue weighted by Gasteiger charge is -2.06. The second-order valence-corrected chi connectivity index (χ2v) is 6.86. The van der Waals surface area contributed by atoms with E-state index in [1.807, 2.05) is 24.3 Å². The van der Waals surface area contributed by atoms with Crippen molar-refractivity contribution in [3.63, 3.8) is 0 Å². The van der Waals surface area contributed by atoms with Crippen LogP contribution < -0.4 is 22.1 Å². The average Bonchev–Trinajstić information content (AvgIpc) is 2.92. The van der Waals surface area contributed by atoms with Gasteiger partial charge < -0.3 is 22.1 Å². The van der Waals surface area contributed by atoms with E-state index in [1.54, 1.807) is 0 Å². The molecule has 9 heteroatoms. The molecule has 0 aliphatic heterocycles. The summed E-state index contributed by atoms with van der Waals surface area (Å²) in [6, 6.07) is 7.62. The Kier molecular flexibility index (Phi) is 6.67. The molecule has 0 aliphatic carbocycles. The minimum atomic E-state index is -0.362. The first-order chi connectivity index (χ1) is 12.3. The Morgan fingerprint density at radius 3 is 2.38 bits per heavy atom. The number of guanidine groups is 1. The van der Waals surface area contributed by atoms with Crippen LogP contribution in [0.5, 0.6) is 0 Å². The van der Waals surface area contributed by atoms with E-state index in [0.717, 1.165) is 28.2 Å². The second-order valence-electron chi connectivity index (χ2n) is 5.77. The topological polar surface area (TPSA) is 147 Å². The molecule has 0 saturated carbocycles. The molecule has 1 aromatic heterocycles. The molecule has 8 nitrogen and oxygen atoms in total. The minimum Gasteiger partial charge on any atom is -0.370 e. The maximum Gasteiger partial charge on any atom is 0.223 e. The second kappa shape index (κ2) is 8.95. The number of amides is 2. The normalized spacial score (nSPS) is 10.3. The van der Waals surface area contributed by atoms with Gasteiger partial charge in [0.25, 0.3) is 0 Å². The number of nitrogens with one attached hydrogen (secondary N) is 3. The molecule has 2 aromatic rings. The Morgan fingerprint density at radius 1 is 1.12 bits per heavy atom. The number of carbonyl (C=O) groups is 2. The zero-order valence-corrected chi connectivity index (χ0v) is 15.3. The van der Waals surface area contributed by atoms with Gasteiger partial charge in [-0.25, -0.2) is 4.98 Å². The van der Waals surface area contributed by atoms with Crippen molar-refractivity contribution in [2.45, 2.75) is 32.6 Å². The fraction of sp³-hybridized carbons (Fsp3) is 0.294. The van der Waals surface area contributed by atoms with Crippen molar-refractivity contribution in [2.75, 3.05) is 10.6 Å². The molecular weight excluding hydrogens is 352 g/mol. The van der Waals surface area contributed by atoms with E-state index in [-0.39, 0.29) is 24.2 Å². The third-order valence-electron chi connectivity index (χ3n) is 3.54. The largest absolute Gasteiger partial charge is 0.370 e. The van der Waals surface area contributed by atoms with Crippen LogP contribution in [0.3, 0.4) is 0 Å². The lowest BCUT2D eigenvalue weighted by atomic mass is 10.1. The van der Waals surface area contributed by atoms with Crippen LogP contribution in [0.4, 0.5) is 10.8 Å². The van der Waals surface area contributed by atoms with Crippen molar-refractivity contribution in [3.05, 3.63) is 40.4 Å². The lowest BCUT2D eigenvalue weighted by molar-refractivity contribution is -0.118. The maximum atomic E-state index is 11.2. The number of hydrogen-bond donors (Lipinski definition) is 5. The number of primary amides is 1. The number of hydrogen-bond acceptors (Lipinski definition) is 5. The highest BCUT2D eigenvalue weighted by Crippen LogP contribution is 2.26. The molecule has 0 unspecified atom stereocenters. The molecular formula is C17H22N6O2S. The van der Waals surface area contributed by atoms with Gasteiger partial charge in [-0.3, -0.25) is 15.0 Å². The van der Waals surface area contributed by atoms with Crippen LogP contribution in [0, 0.1) is 5.41 Å². The van der Waals surface area contributed by atoms with Crippen LogP contribution in [0.25, 0.3) is 0 Å². The summed E-state index contributed by atoms with van der Waals surface area (Å²) in [4.78, 5) is 27.7. The monoisotopic (exact) mass is 374 g/mol. The van der Waals surface area contributed by atoms with Crippen LogP contribution in [-0.4, -0.2) is 22.8 Å². The SMILES string of the molecule is CC(=O)Nc1nc(CCc2ccc(NC(=N)N)cc2)c(CCC(N)=O)s1. The number of aromatic nitrogens is 1. The molecule has 2 rings (SSSR count). The molecule has 7 N–H and O–H groups in total. The number of rotatable bonds is 8. The zero-order chi connectivity index (χ0) is 19.1. The Bertz CT molecular complexity index is 800. The minimum absolute atomic E-state index is 0.107. The fourth-order valence-corrected chi connectivity index (χ4v) is 3.44. The number of nitrogens with zero attached hydrogens (tertiary/aromatic N) is 1. The summed E-state index contributed by atoms with van der Waals surface area (Å²) in [5.41, 5.74) is 13.3. The summed E-state index contributed by atoms with van der Waals surface area (Å²) in [7, 11) is 0. The smallest absolute Gasteiger partial charge is 0.223 e. The Labute approximate surface area is 155 Å². The molecule has 138 valence electrons. The van der Waals surface area contributed by atoms with Gasteiger partial charge in [-0.2, -0.15) is 0 Å².